The molecule has 0 amide bonds. The standard InChI is InChI=1S/C48H85N3O15P2/c1-3-5-7-9-11-13-15-17-19-21-23-25-27-29-31-33-43(52)61-37-40(64-44(53)34-32-30-28-26-24-22-20-18-16-14-12-10-8-6-4-2)38-62-67(57,58)66-68(59,60)63-39-41-45(54)46(55)47(65-41)51-36-35-42(49)50-48(51)56/h17-20,35-36,40-41,45-47,54-55H,3-16,21-34,37-39H2,1-2H3,(H,57,58)(H,59,60)(H2,49,50,56)/t40-,41-,45-,46-,47-/m1/s1. The van der Waals surface area contributed by atoms with Gasteiger partial charge in [0.1, 0.15) is 30.7 Å². The minimum Gasteiger partial charge on any atom is -0.462 e. The molecule has 0 aromatic carbocycles. The largest absolute Gasteiger partial charge is 0.481 e. The second-order valence-electron chi connectivity index (χ2n) is 17.7. The molecule has 0 bridgehead atoms. The average Bonchev–Trinajstić information content (AvgIpc) is 3.57. The fourth-order valence-electron chi connectivity index (χ4n) is 7.54. The summed E-state index contributed by atoms with van der Waals surface area (Å²) in [6, 6.07) is 1.25. The molecule has 1 aromatic heterocycles. The topological polar surface area (TPSA) is 265 Å². The van der Waals surface area contributed by atoms with E-state index < -0.39 is 83.7 Å². The van der Waals surface area contributed by atoms with Crippen LogP contribution in [0.4, 0.5) is 5.82 Å². The molecule has 20 heteroatoms. The number of nitrogens with zero attached hydrogens (tertiary/aromatic N) is 2. The van der Waals surface area contributed by atoms with Gasteiger partial charge in [0, 0.05) is 19.0 Å². The van der Waals surface area contributed by atoms with Crippen LogP contribution >= 0.6 is 15.6 Å². The summed E-state index contributed by atoms with van der Waals surface area (Å²) in [4.78, 5) is 61.9. The highest BCUT2D eigenvalue weighted by atomic mass is 31.3. The van der Waals surface area contributed by atoms with Crippen molar-refractivity contribution in [1.29, 1.82) is 0 Å². The monoisotopic (exact) mass is 1010 g/mol. The molecule has 1 aliphatic rings. The van der Waals surface area contributed by atoms with E-state index in [0.29, 0.717) is 12.8 Å². The van der Waals surface area contributed by atoms with Crippen LogP contribution in [-0.2, 0) is 46.3 Å². The van der Waals surface area contributed by atoms with Crippen molar-refractivity contribution in [3.05, 3.63) is 47.1 Å². The SMILES string of the molecule is CCCCCCCCC=CCCCCCCCC(=O)OC[C@H](COP(=O)(O)OP(=O)(O)OC[C@H]1O[C@@H](n2ccc(N)nc2=O)[C@H](O)[C@@H]1O)OC(=O)CCCCCCCC=CCCCCCCCC. The van der Waals surface area contributed by atoms with Gasteiger partial charge >= 0.3 is 33.3 Å². The number of carbonyl (C=O) groups excluding carboxylic acids is 2. The van der Waals surface area contributed by atoms with Crippen LogP contribution in [0.25, 0.3) is 0 Å². The van der Waals surface area contributed by atoms with Crippen LogP contribution in [0.15, 0.2) is 41.4 Å². The Bertz CT molecular complexity index is 1730. The van der Waals surface area contributed by atoms with Crippen molar-refractivity contribution in [1.82, 2.24) is 9.55 Å². The summed E-state index contributed by atoms with van der Waals surface area (Å²) in [5.74, 6) is -1.31. The van der Waals surface area contributed by atoms with Crippen LogP contribution in [0.1, 0.15) is 200 Å². The Kier molecular flexibility index (Phi) is 33.5. The number of esters is 2. The first kappa shape index (κ1) is 61.4. The molecule has 2 heterocycles. The van der Waals surface area contributed by atoms with Gasteiger partial charge < -0.3 is 39.9 Å². The maximum absolute atomic E-state index is 12.8. The molecule has 1 saturated heterocycles. The Morgan fingerprint density at radius 3 is 1.65 bits per heavy atom. The highest BCUT2D eigenvalue weighted by molar-refractivity contribution is 7.61. The quantitative estimate of drug-likeness (QED) is 0.0176. The van der Waals surface area contributed by atoms with Gasteiger partial charge in [-0.15, -0.1) is 0 Å². The summed E-state index contributed by atoms with van der Waals surface area (Å²) in [6.45, 7) is 2.14. The number of carbonyl (C=O) groups is 2. The van der Waals surface area contributed by atoms with Crippen LogP contribution in [0, 0.1) is 0 Å². The number of aromatic nitrogens is 2. The maximum atomic E-state index is 12.8. The number of nitrogens with two attached hydrogens (primary N) is 1. The van der Waals surface area contributed by atoms with Crippen molar-refractivity contribution in [2.24, 2.45) is 0 Å². The first-order valence-electron chi connectivity index (χ1n) is 25.3. The van der Waals surface area contributed by atoms with Crippen molar-refractivity contribution in [2.45, 2.75) is 224 Å². The lowest BCUT2D eigenvalue weighted by Crippen LogP contribution is -2.36. The summed E-state index contributed by atoms with van der Waals surface area (Å²) in [7, 11) is -10.8. The maximum Gasteiger partial charge on any atom is 0.481 e. The van der Waals surface area contributed by atoms with E-state index in [0.717, 1.165) is 81.6 Å². The number of aliphatic hydroxyl groups excluding tert-OH is 2. The Morgan fingerprint density at radius 1 is 0.691 bits per heavy atom. The third kappa shape index (κ3) is 29.4. The van der Waals surface area contributed by atoms with Crippen molar-refractivity contribution in [2.75, 3.05) is 25.6 Å². The molecule has 68 heavy (non-hydrogen) atoms. The van der Waals surface area contributed by atoms with Crippen LogP contribution in [0.5, 0.6) is 0 Å². The van der Waals surface area contributed by atoms with Crippen molar-refractivity contribution in [3.8, 4) is 0 Å². The second-order valence-corrected chi connectivity index (χ2v) is 20.7. The molecule has 6 N–H and O–H groups in total. The molecular formula is C48H85N3O15P2. The van der Waals surface area contributed by atoms with E-state index in [1.165, 1.54) is 89.3 Å². The zero-order chi connectivity index (χ0) is 49.9. The van der Waals surface area contributed by atoms with Gasteiger partial charge in [-0.2, -0.15) is 9.29 Å². The highest BCUT2D eigenvalue weighted by Crippen LogP contribution is 2.60. The molecule has 2 unspecified atom stereocenters. The Hall–Kier alpha value is -2.76. The molecule has 392 valence electrons. The van der Waals surface area contributed by atoms with Crippen LogP contribution in [0.3, 0.4) is 0 Å². The molecular weight excluding hydrogens is 920 g/mol. The first-order valence-corrected chi connectivity index (χ1v) is 28.3. The molecule has 0 aliphatic carbocycles. The predicted molar refractivity (Wildman–Crippen MR) is 261 cm³/mol. The van der Waals surface area contributed by atoms with E-state index >= 15 is 0 Å². The van der Waals surface area contributed by atoms with Gasteiger partial charge in [0.2, 0.25) is 0 Å². The zero-order valence-electron chi connectivity index (χ0n) is 40.9. The van der Waals surface area contributed by atoms with E-state index in [4.69, 9.17) is 29.0 Å². The van der Waals surface area contributed by atoms with Gasteiger partial charge in [-0.3, -0.25) is 23.2 Å². The number of ether oxygens (including phenoxy) is 3. The van der Waals surface area contributed by atoms with Gasteiger partial charge in [0.05, 0.1) is 13.2 Å². The summed E-state index contributed by atoms with van der Waals surface area (Å²) < 4.78 is 56.8. The van der Waals surface area contributed by atoms with Gasteiger partial charge in [0.25, 0.3) is 0 Å². The molecule has 0 saturated carbocycles. The number of phosphoric ester groups is 2. The van der Waals surface area contributed by atoms with E-state index in [1.54, 1.807) is 0 Å². The fraction of sp³-hybridized carbons (Fsp3) is 0.792. The van der Waals surface area contributed by atoms with Gasteiger partial charge in [0.15, 0.2) is 12.3 Å². The van der Waals surface area contributed by atoms with Crippen molar-refractivity contribution in [3.63, 3.8) is 0 Å². The number of unbranched alkanes of at least 4 members (excludes halogenated alkanes) is 22. The molecule has 7 atom stereocenters. The van der Waals surface area contributed by atoms with Crippen LogP contribution in [0.2, 0.25) is 0 Å². The first-order chi connectivity index (χ1) is 32.7. The molecule has 1 aromatic rings. The second kappa shape index (κ2) is 37.1. The lowest BCUT2D eigenvalue weighted by atomic mass is 10.1. The smallest absolute Gasteiger partial charge is 0.462 e. The molecule has 2 rings (SSSR count). The normalized spacial score (nSPS) is 19.6. The van der Waals surface area contributed by atoms with E-state index in [9.17, 15) is 43.5 Å². The minimum absolute atomic E-state index is 0.0403. The van der Waals surface area contributed by atoms with E-state index in [2.05, 4.69) is 47.4 Å². The van der Waals surface area contributed by atoms with E-state index in [-0.39, 0.29) is 18.7 Å². The molecule has 1 fully saturated rings. The summed E-state index contributed by atoms with van der Waals surface area (Å²) >= 11 is 0. The molecule has 1 aliphatic heterocycles. The lowest BCUT2D eigenvalue weighted by Gasteiger charge is -2.21. The number of allylic oxidation sites excluding steroid dienone is 4. The number of hydrogen-bond donors (Lipinski definition) is 5. The fourth-order valence-corrected chi connectivity index (χ4v) is 9.65. The number of rotatable bonds is 42. The summed E-state index contributed by atoms with van der Waals surface area (Å²) in [5, 5.41) is 20.9. The number of aliphatic hydroxyl groups is 2. The van der Waals surface area contributed by atoms with Gasteiger partial charge in [-0.05, 0) is 70.3 Å². The van der Waals surface area contributed by atoms with Gasteiger partial charge in [-0.25, -0.2) is 13.9 Å². The number of phosphoric acid groups is 2. The molecule has 18 nitrogen and oxygen atoms in total. The van der Waals surface area contributed by atoms with Gasteiger partial charge in [-0.1, -0.05) is 141 Å². The molecule has 0 radical (unpaired) electrons. The number of nitrogen functional groups attached to an aromatic ring is 1. The highest BCUT2D eigenvalue weighted by Gasteiger charge is 2.46. The third-order valence-electron chi connectivity index (χ3n) is 11.5. The number of anilines is 1. The minimum atomic E-state index is -5.42. The van der Waals surface area contributed by atoms with E-state index in [1.807, 2.05) is 0 Å². The Balaban J connectivity index is 1.81. The predicted octanol–water partition coefficient (Wildman–Crippen LogP) is 10.2. The molecule has 0 spiro atoms. The average molecular weight is 1010 g/mol. The zero-order valence-corrected chi connectivity index (χ0v) is 42.7. The van der Waals surface area contributed by atoms with Crippen LogP contribution < -0.4 is 11.4 Å². The Labute approximate surface area is 405 Å². The lowest BCUT2D eigenvalue weighted by molar-refractivity contribution is -0.161. The van der Waals surface area contributed by atoms with Crippen molar-refractivity contribution < 1.29 is 66.3 Å². The van der Waals surface area contributed by atoms with Crippen LogP contribution in [-0.4, -0.2) is 85.7 Å². The summed E-state index contributed by atoms with van der Waals surface area (Å²) in [6.07, 6.45) is 31.1. The Morgan fingerprint density at radius 2 is 1.15 bits per heavy atom. The third-order valence-corrected chi connectivity index (χ3v) is 14.1. The van der Waals surface area contributed by atoms with Crippen molar-refractivity contribution >= 4 is 33.4 Å². The summed E-state index contributed by atoms with van der Waals surface area (Å²) in [5.41, 5.74) is 4.59. The number of hydrogen-bond acceptors (Lipinski definition) is 15.